The van der Waals surface area contributed by atoms with Crippen LogP contribution in [0.3, 0.4) is 0 Å². The molecule has 0 aliphatic rings. The monoisotopic (exact) mass is 462 g/mol. The van der Waals surface area contributed by atoms with E-state index in [-0.39, 0.29) is 17.0 Å². The fourth-order valence-electron chi connectivity index (χ4n) is 3.42. The molecule has 3 N–H and O–H groups in total. The van der Waals surface area contributed by atoms with E-state index in [1.807, 2.05) is 6.07 Å². The van der Waals surface area contributed by atoms with E-state index in [2.05, 4.69) is 29.0 Å². The number of rotatable bonds is 9. The number of nitrogens with zero attached hydrogens (tertiary/aromatic N) is 2. The molecule has 8 nitrogen and oxygen atoms in total. The van der Waals surface area contributed by atoms with E-state index >= 15 is 0 Å². The molecule has 0 spiro atoms. The fraction of sp³-hybridized carbons (Fsp3) is 0.364. The van der Waals surface area contributed by atoms with Crippen molar-refractivity contribution in [2.24, 2.45) is 0 Å². The lowest BCUT2D eigenvalue weighted by atomic mass is 10.0. The number of nitriles is 1. The molecule has 1 aromatic heterocycles. The number of hydrogen-bond acceptors (Lipinski definition) is 5. The Bertz CT molecular complexity index is 1180. The van der Waals surface area contributed by atoms with Crippen LogP contribution in [0.25, 0.3) is 11.6 Å². The predicted octanol–water partition coefficient (Wildman–Crippen LogP) is 3.15. The van der Waals surface area contributed by atoms with Crippen LogP contribution < -0.4 is 5.32 Å². The van der Waals surface area contributed by atoms with Crippen LogP contribution in [0.1, 0.15) is 46.7 Å². The number of H-pyrrole nitrogens is 1. The summed E-state index contributed by atoms with van der Waals surface area (Å²) in [5.74, 6) is -1.40. The summed E-state index contributed by atoms with van der Waals surface area (Å²) in [5.41, 5.74) is 2.43. The summed E-state index contributed by atoms with van der Waals surface area (Å²) in [5, 5.41) is 12.4. The highest BCUT2D eigenvalue weighted by atomic mass is 32.2. The van der Waals surface area contributed by atoms with Crippen molar-refractivity contribution < 1.29 is 22.2 Å². The van der Waals surface area contributed by atoms with Gasteiger partial charge in [0.15, 0.2) is 0 Å². The van der Waals surface area contributed by atoms with Crippen molar-refractivity contribution in [1.29, 1.82) is 5.26 Å². The van der Waals surface area contributed by atoms with E-state index < -0.39 is 20.8 Å². The predicted molar refractivity (Wildman–Crippen MR) is 120 cm³/mol. The standard InChI is InChI=1S/C22H27FN4O4S/c1-5-27(6-2)10-9-25-22(28)21-14(3)19(26-15(21)4)12-17(13-24)16-7-8-20(18(23)11-16)32(29,30)31/h7-8,11-12,26H,5-6,9-10H2,1-4H3,(H,25,28)(H,29,30,31)/b17-12+. The molecule has 0 aliphatic heterocycles. The molecule has 0 atom stereocenters. The average Bonchev–Trinajstić information content (AvgIpc) is 3.01. The van der Waals surface area contributed by atoms with Gasteiger partial charge in [-0.05, 0) is 56.3 Å². The summed E-state index contributed by atoms with van der Waals surface area (Å²) < 4.78 is 45.5. The maximum absolute atomic E-state index is 14.1. The molecule has 0 unspecified atom stereocenters. The molecular formula is C22H27FN4O4S. The Morgan fingerprint density at radius 2 is 1.97 bits per heavy atom. The van der Waals surface area contributed by atoms with Crippen LogP contribution in [0, 0.1) is 31.0 Å². The third kappa shape index (κ3) is 5.82. The summed E-state index contributed by atoms with van der Waals surface area (Å²) in [7, 11) is -4.71. The first kappa shape index (κ1) is 25.3. The van der Waals surface area contributed by atoms with Crippen LogP contribution >= 0.6 is 0 Å². The molecule has 0 radical (unpaired) electrons. The quantitative estimate of drug-likeness (QED) is 0.388. The Morgan fingerprint density at radius 3 is 2.50 bits per heavy atom. The molecule has 0 fully saturated rings. The summed E-state index contributed by atoms with van der Waals surface area (Å²) in [6, 6.07) is 4.94. The number of aryl methyl sites for hydroxylation is 1. The number of nitrogens with one attached hydrogen (secondary N) is 2. The third-order valence-corrected chi connectivity index (χ3v) is 6.13. The second-order valence-corrected chi connectivity index (χ2v) is 8.63. The average molecular weight is 463 g/mol. The normalized spacial score (nSPS) is 12.1. The number of aromatic nitrogens is 1. The van der Waals surface area contributed by atoms with Crippen LogP contribution in [0.2, 0.25) is 0 Å². The maximum atomic E-state index is 14.1. The minimum atomic E-state index is -4.71. The van der Waals surface area contributed by atoms with E-state index in [1.54, 1.807) is 13.8 Å². The van der Waals surface area contributed by atoms with Gasteiger partial charge >= 0.3 is 0 Å². The molecule has 32 heavy (non-hydrogen) atoms. The Morgan fingerprint density at radius 1 is 1.31 bits per heavy atom. The van der Waals surface area contributed by atoms with Crippen molar-refractivity contribution >= 4 is 27.7 Å². The lowest BCUT2D eigenvalue weighted by Gasteiger charge is -2.18. The van der Waals surface area contributed by atoms with Gasteiger partial charge in [0.1, 0.15) is 10.7 Å². The van der Waals surface area contributed by atoms with E-state index in [9.17, 15) is 22.9 Å². The molecule has 0 saturated heterocycles. The Balaban J connectivity index is 2.31. The zero-order valence-electron chi connectivity index (χ0n) is 18.5. The van der Waals surface area contributed by atoms with Crippen molar-refractivity contribution in [2.75, 3.05) is 26.2 Å². The van der Waals surface area contributed by atoms with Gasteiger partial charge in [0.2, 0.25) is 0 Å². The number of hydrogen-bond donors (Lipinski definition) is 3. The SMILES string of the molecule is CCN(CC)CCNC(=O)c1c(C)[nH]c(/C=C(\C#N)c2ccc(S(=O)(=O)O)c(F)c2)c1C. The fourth-order valence-corrected chi connectivity index (χ4v) is 3.96. The highest BCUT2D eigenvalue weighted by molar-refractivity contribution is 7.85. The molecule has 0 aliphatic carbocycles. The van der Waals surface area contributed by atoms with Gasteiger partial charge in [-0.2, -0.15) is 13.7 Å². The second-order valence-electron chi connectivity index (χ2n) is 7.24. The Labute approximate surface area is 187 Å². The van der Waals surface area contributed by atoms with Crippen molar-refractivity contribution in [3.05, 3.63) is 52.1 Å². The smallest absolute Gasteiger partial charge is 0.297 e. The number of aromatic amines is 1. The van der Waals surface area contributed by atoms with Gasteiger partial charge in [0, 0.05) is 24.5 Å². The molecular weight excluding hydrogens is 435 g/mol. The summed E-state index contributed by atoms with van der Waals surface area (Å²) >= 11 is 0. The van der Waals surface area contributed by atoms with Crippen molar-refractivity contribution in [3.63, 3.8) is 0 Å². The highest BCUT2D eigenvalue weighted by Crippen LogP contribution is 2.25. The highest BCUT2D eigenvalue weighted by Gasteiger charge is 2.19. The van der Waals surface area contributed by atoms with Crippen LogP contribution in [0.15, 0.2) is 23.1 Å². The third-order valence-electron chi connectivity index (χ3n) is 5.24. The van der Waals surface area contributed by atoms with Gasteiger partial charge < -0.3 is 15.2 Å². The van der Waals surface area contributed by atoms with Gasteiger partial charge in [-0.3, -0.25) is 9.35 Å². The first-order valence-electron chi connectivity index (χ1n) is 10.1. The second kappa shape index (κ2) is 10.5. The molecule has 10 heteroatoms. The lowest BCUT2D eigenvalue weighted by Crippen LogP contribution is -2.35. The van der Waals surface area contributed by atoms with E-state index in [4.69, 9.17) is 4.55 Å². The van der Waals surface area contributed by atoms with Gasteiger partial charge in [-0.15, -0.1) is 0 Å². The molecule has 1 aromatic carbocycles. The molecule has 0 bridgehead atoms. The summed E-state index contributed by atoms with van der Waals surface area (Å²) in [4.78, 5) is 17.1. The van der Waals surface area contributed by atoms with Gasteiger partial charge in [0.25, 0.3) is 16.0 Å². The topological polar surface area (TPSA) is 126 Å². The van der Waals surface area contributed by atoms with Crippen LogP contribution in [0.4, 0.5) is 4.39 Å². The maximum Gasteiger partial charge on any atom is 0.297 e. The first-order chi connectivity index (χ1) is 15.0. The Kier molecular flexibility index (Phi) is 8.32. The molecule has 2 aromatic rings. The van der Waals surface area contributed by atoms with Gasteiger partial charge in [-0.25, -0.2) is 4.39 Å². The van der Waals surface area contributed by atoms with Crippen molar-refractivity contribution in [2.45, 2.75) is 32.6 Å². The van der Waals surface area contributed by atoms with Gasteiger partial charge in [0.05, 0.1) is 17.2 Å². The minimum Gasteiger partial charge on any atom is -0.358 e. The van der Waals surface area contributed by atoms with Crippen LogP contribution in [0.5, 0.6) is 0 Å². The largest absolute Gasteiger partial charge is 0.358 e. The zero-order valence-corrected chi connectivity index (χ0v) is 19.3. The zero-order chi connectivity index (χ0) is 24.1. The van der Waals surface area contributed by atoms with Crippen LogP contribution in [-0.4, -0.2) is 54.9 Å². The number of halogens is 1. The summed E-state index contributed by atoms with van der Waals surface area (Å²) in [6.45, 7) is 10.6. The first-order valence-corrected chi connectivity index (χ1v) is 11.6. The van der Waals surface area contributed by atoms with E-state index in [1.165, 1.54) is 12.1 Å². The van der Waals surface area contributed by atoms with Crippen molar-refractivity contribution in [3.8, 4) is 6.07 Å². The number of likely N-dealkylation sites (N-methyl/N-ethyl adjacent to an activating group) is 1. The summed E-state index contributed by atoms with van der Waals surface area (Å²) in [6.07, 6.45) is 1.47. The molecule has 172 valence electrons. The molecule has 2 rings (SSSR count). The van der Waals surface area contributed by atoms with Crippen molar-refractivity contribution in [1.82, 2.24) is 15.2 Å². The minimum absolute atomic E-state index is 0.0589. The molecule has 0 saturated carbocycles. The molecule has 1 heterocycles. The van der Waals surface area contributed by atoms with E-state index in [0.29, 0.717) is 29.1 Å². The van der Waals surface area contributed by atoms with Crippen LogP contribution in [-0.2, 0) is 10.1 Å². The lowest BCUT2D eigenvalue weighted by molar-refractivity contribution is 0.0948. The Hall–Kier alpha value is -3.00. The van der Waals surface area contributed by atoms with E-state index in [0.717, 1.165) is 31.8 Å². The number of benzene rings is 1. The number of allylic oxidation sites excluding steroid dienone is 1. The molecule has 1 amide bonds. The number of amides is 1. The number of carbonyl (C=O) groups is 1. The number of carbonyl (C=O) groups excluding carboxylic acids is 1. The van der Waals surface area contributed by atoms with Gasteiger partial charge in [-0.1, -0.05) is 19.9 Å².